The largest absolute Gasteiger partial charge is 0.494 e. The smallest absolute Gasteiger partial charge is 0.119 e. The van der Waals surface area contributed by atoms with Crippen molar-refractivity contribution >= 4 is 0 Å². The SMILES string of the molecule is CCCCCN1CCC(CCOc2ccc(Cc3ccccc3)cc2)CC1. The van der Waals surface area contributed by atoms with Gasteiger partial charge in [-0.3, -0.25) is 0 Å². The molecule has 1 heterocycles. The van der Waals surface area contributed by atoms with E-state index in [9.17, 15) is 0 Å². The van der Waals surface area contributed by atoms with Crippen molar-refractivity contribution < 1.29 is 4.74 Å². The van der Waals surface area contributed by atoms with Crippen LogP contribution in [-0.4, -0.2) is 31.1 Å². The summed E-state index contributed by atoms with van der Waals surface area (Å²) in [6, 6.07) is 19.2. The summed E-state index contributed by atoms with van der Waals surface area (Å²) in [4.78, 5) is 2.65. The summed E-state index contributed by atoms with van der Waals surface area (Å²) in [5, 5.41) is 0. The molecule has 0 radical (unpaired) electrons. The van der Waals surface area contributed by atoms with Gasteiger partial charge in [-0.05, 0) is 80.9 Å². The topological polar surface area (TPSA) is 12.5 Å². The second-order valence-corrected chi connectivity index (χ2v) is 7.94. The molecule has 0 aromatic heterocycles. The third-order valence-electron chi connectivity index (χ3n) is 5.75. The number of likely N-dealkylation sites (tertiary alicyclic amines) is 1. The zero-order chi connectivity index (χ0) is 18.7. The van der Waals surface area contributed by atoms with E-state index in [2.05, 4.69) is 66.4 Å². The van der Waals surface area contributed by atoms with Crippen LogP contribution in [0, 0.1) is 5.92 Å². The van der Waals surface area contributed by atoms with Gasteiger partial charge < -0.3 is 9.64 Å². The number of piperidine rings is 1. The summed E-state index contributed by atoms with van der Waals surface area (Å²) in [6.07, 6.45) is 8.91. The lowest BCUT2D eigenvalue weighted by Crippen LogP contribution is -2.34. The Kier molecular flexibility index (Phi) is 8.23. The summed E-state index contributed by atoms with van der Waals surface area (Å²) in [6.45, 7) is 6.99. The molecule has 2 aromatic rings. The van der Waals surface area contributed by atoms with Crippen molar-refractivity contribution in [3.63, 3.8) is 0 Å². The van der Waals surface area contributed by atoms with Crippen LogP contribution < -0.4 is 4.74 Å². The molecule has 1 aliphatic heterocycles. The van der Waals surface area contributed by atoms with Gasteiger partial charge in [-0.15, -0.1) is 0 Å². The number of ether oxygens (including phenoxy) is 1. The molecule has 3 rings (SSSR count). The van der Waals surface area contributed by atoms with Gasteiger partial charge in [0.05, 0.1) is 6.61 Å². The van der Waals surface area contributed by atoms with Gasteiger partial charge in [-0.1, -0.05) is 62.2 Å². The van der Waals surface area contributed by atoms with E-state index in [1.807, 2.05) is 0 Å². The monoisotopic (exact) mass is 365 g/mol. The fourth-order valence-electron chi connectivity index (χ4n) is 3.96. The van der Waals surface area contributed by atoms with E-state index in [4.69, 9.17) is 4.74 Å². The predicted octanol–water partition coefficient (Wildman–Crippen LogP) is 5.95. The predicted molar refractivity (Wildman–Crippen MR) is 114 cm³/mol. The number of benzene rings is 2. The van der Waals surface area contributed by atoms with Gasteiger partial charge in [0.25, 0.3) is 0 Å². The number of hydrogen-bond acceptors (Lipinski definition) is 2. The van der Waals surface area contributed by atoms with Crippen LogP contribution in [0.25, 0.3) is 0 Å². The zero-order valence-electron chi connectivity index (χ0n) is 16.9. The number of unbranched alkanes of at least 4 members (excludes halogenated alkanes) is 2. The molecule has 0 aliphatic carbocycles. The lowest BCUT2D eigenvalue weighted by molar-refractivity contribution is 0.161. The van der Waals surface area contributed by atoms with Gasteiger partial charge in [0.1, 0.15) is 5.75 Å². The van der Waals surface area contributed by atoms with Crippen molar-refractivity contribution in [1.82, 2.24) is 4.90 Å². The second kappa shape index (κ2) is 11.1. The van der Waals surface area contributed by atoms with E-state index in [1.165, 1.54) is 69.3 Å². The fraction of sp³-hybridized carbons (Fsp3) is 0.520. The highest BCUT2D eigenvalue weighted by Crippen LogP contribution is 2.22. The Hall–Kier alpha value is -1.80. The van der Waals surface area contributed by atoms with Crippen molar-refractivity contribution in [3.05, 3.63) is 65.7 Å². The van der Waals surface area contributed by atoms with Crippen LogP contribution in [0.15, 0.2) is 54.6 Å². The quantitative estimate of drug-likeness (QED) is 0.483. The van der Waals surface area contributed by atoms with Gasteiger partial charge >= 0.3 is 0 Å². The number of hydrogen-bond donors (Lipinski definition) is 0. The zero-order valence-corrected chi connectivity index (χ0v) is 16.9. The molecule has 1 saturated heterocycles. The van der Waals surface area contributed by atoms with Crippen molar-refractivity contribution in [2.75, 3.05) is 26.2 Å². The third-order valence-corrected chi connectivity index (χ3v) is 5.75. The Labute approximate surface area is 165 Å². The van der Waals surface area contributed by atoms with Crippen molar-refractivity contribution in [2.45, 2.75) is 51.9 Å². The summed E-state index contributed by atoms with van der Waals surface area (Å²) < 4.78 is 6.01. The highest BCUT2D eigenvalue weighted by Gasteiger charge is 2.18. The molecule has 0 atom stereocenters. The minimum absolute atomic E-state index is 0.838. The summed E-state index contributed by atoms with van der Waals surface area (Å²) >= 11 is 0. The molecule has 2 aromatic carbocycles. The molecular formula is C25H35NO. The molecule has 0 spiro atoms. The van der Waals surface area contributed by atoms with Crippen molar-refractivity contribution in [3.8, 4) is 5.75 Å². The average Bonchev–Trinajstić information content (AvgIpc) is 2.71. The molecule has 0 bridgehead atoms. The van der Waals surface area contributed by atoms with Gasteiger partial charge in [0.15, 0.2) is 0 Å². The summed E-state index contributed by atoms with van der Waals surface area (Å²) in [5.41, 5.74) is 2.69. The van der Waals surface area contributed by atoms with Gasteiger partial charge in [-0.25, -0.2) is 0 Å². The van der Waals surface area contributed by atoms with E-state index in [-0.39, 0.29) is 0 Å². The average molecular weight is 366 g/mol. The first-order valence-electron chi connectivity index (χ1n) is 10.8. The molecule has 0 saturated carbocycles. The Morgan fingerprint density at radius 3 is 2.30 bits per heavy atom. The molecule has 0 unspecified atom stereocenters. The molecule has 146 valence electrons. The second-order valence-electron chi connectivity index (χ2n) is 7.94. The van der Waals surface area contributed by atoms with Crippen LogP contribution in [0.5, 0.6) is 5.75 Å². The van der Waals surface area contributed by atoms with Crippen LogP contribution in [0.2, 0.25) is 0 Å². The summed E-state index contributed by atoms with van der Waals surface area (Å²) in [7, 11) is 0. The highest BCUT2D eigenvalue weighted by atomic mass is 16.5. The molecule has 2 nitrogen and oxygen atoms in total. The first kappa shape index (κ1) is 19.9. The number of nitrogens with zero attached hydrogens (tertiary/aromatic N) is 1. The van der Waals surface area contributed by atoms with Crippen molar-refractivity contribution in [1.29, 1.82) is 0 Å². The minimum atomic E-state index is 0.838. The maximum atomic E-state index is 6.01. The first-order chi connectivity index (χ1) is 13.3. The van der Waals surface area contributed by atoms with Crippen LogP contribution in [-0.2, 0) is 6.42 Å². The van der Waals surface area contributed by atoms with E-state index in [0.29, 0.717) is 0 Å². The van der Waals surface area contributed by atoms with Crippen LogP contribution in [0.4, 0.5) is 0 Å². The maximum absolute atomic E-state index is 6.01. The van der Waals surface area contributed by atoms with Crippen LogP contribution in [0.1, 0.15) is 56.6 Å². The van der Waals surface area contributed by atoms with Gasteiger partial charge in [-0.2, -0.15) is 0 Å². The van der Waals surface area contributed by atoms with E-state index in [0.717, 1.165) is 24.7 Å². The maximum Gasteiger partial charge on any atom is 0.119 e. The Morgan fingerprint density at radius 2 is 1.59 bits per heavy atom. The number of rotatable bonds is 10. The molecule has 0 amide bonds. The van der Waals surface area contributed by atoms with E-state index in [1.54, 1.807) is 0 Å². The Balaban J connectivity index is 1.33. The minimum Gasteiger partial charge on any atom is -0.494 e. The lowest BCUT2D eigenvalue weighted by atomic mass is 9.94. The molecular weight excluding hydrogens is 330 g/mol. The Bertz CT molecular complexity index is 629. The van der Waals surface area contributed by atoms with Crippen molar-refractivity contribution in [2.24, 2.45) is 5.92 Å². The standard InChI is InChI=1S/C25H35NO/c1-2-3-7-17-26-18-14-22(15-19-26)16-20-27-25-12-10-24(11-13-25)21-23-8-5-4-6-9-23/h4-6,8-13,22H,2-3,7,14-21H2,1H3. The molecule has 0 N–H and O–H groups in total. The van der Waals surface area contributed by atoms with Crippen LogP contribution in [0.3, 0.4) is 0 Å². The molecule has 2 heteroatoms. The highest BCUT2D eigenvalue weighted by molar-refractivity contribution is 5.31. The Morgan fingerprint density at radius 1 is 0.889 bits per heavy atom. The van der Waals surface area contributed by atoms with E-state index < -0.39 is 0 Å². The lowest BCUT2D eigenvalue weighted by Gasteiger charge is -2.31. The third kappa shape index (κ3) is 7.03. The van der Waals surface area contributed by atoms with Gasteiger partial charge in [0, 0.05) is 0 Å². The molecule has 1 aliphatic rings. The van der Waals surface area contributed by atoms with Crippen LogP contribution >= 0.6 is 0 Å². The molecule has 27 heavy (non-hydrogen) atoms. The fourth-order valence-corrected chi connectivity index (χ4v) is 3.96. The first-order valence-corrected chi connectivity index (χ1v) is 10.8. The van der Waals surface area contributed by atoms with E-state index >= 15 is 0 Å². The van der Waals surface area contributed by atoms with Gasteiger partial charge in [0.2, 0.25) is 0 Å². The molecule has 1 fully saturated rings. The normalized spacial score (nSPS) is 15.7. The summed E-state index contributed by atoms with van der Waals surface area (Å²) in [5.74, 6) is 1.84.